The molecule has 0 unspecified atom stereocenters. The van der Waals surface area contributed by atoms with Crippen LogP contribution >= 0.6 is 0 Å². The third kappa shape index (κ3) is 3.93. The summed E-state index contributed by atoms with van der Waals surface area (Å²) in [5, 5.41) is 2.94. The Hall–Kier alpha value is -1.62. The number of benzene rings is 1. The summed E-state index contributed by atoms with van der Waals surface area (Å²) in [5.41, 5.74) is 6.34. The molecule has 1 fully saturated rings. The van der Waals surface area contributed by atoms with E-state index in [1.165, 1.54) is 31.0 Å². The molecule has 110 valence electrons. The molecular weight excluding hydrogens is 259 g/mol. The van der Waals surface area contributed by atoms with Crippen LogP contribution in [-0.4, -0.2) is 18.6 Å². The molecule has 1 amide bonds. The zero-order valence-electron chi connectivity index (χ0n) is 11.7. The van der Waals surface area contributed by atoms with Gasteiger partial charge in [0.1, 0.15) is 11.6 Å². The second-order valence-electron chi connectivity index (χ2n) is 5.31. The minimum atomic E-state index is -0.361. The topological polar surface area (TPSA) is 64.3 Å². The first-order valence-electron chi connectivity index (χ1n) is 7.03. The summed E-state index contributed by atoms with van der Waals surface area (Å²) in [4.78, 5) is 11.8. The molecule has 4 nitrogen and oxygen atoms in total. The van der Waals surface area contributed by atoms with Crippen molar-refractivity contribution in [1.82, 2.24) is 5.32 Å². The zero-order valence-corrected chi connectivity index (χ0v) is 11.7. The van der Waals surface area contributed by atoms with E-state index < -0.39 is 0 Å². The van der Waals surface area contributed by atoms with Crippen LogP contribution in [0.4, 0.5) is 4.39 Å². The van der Waals surface area contributed by atoms with Crippen molar-refractivity contribution in [2.24, 2.45) is 5.73 Å². The van der Waals surface area contributed by atoms with E-state index in [4.69, 9.17) is 10.5 Å². The Morgan fingerprint density at radius 3 is 2.85 bits per heavy atom. The Morgan fingerprint density at radius 2 is 2.20 bits per heavy atom. The van der Waals surface area contributed by atoms with E-state index in [2.05, 4.69) is 5.32 Å². The number of ether oxygens (including phenoxy) is 1. The van der Waals surface area contributed by atoms with E-state index >= 15 is 0 Å². The highest BCUT2D eigenvalue weighted by Crippen LogP contribution is 2.24. The SMILES string of the molecule is C[C@@H](N)c1cc(F)ccc1OCC(=O)NC1CCCC1. The van der Waals surface area contributed by atoms with Gasteiger partial charge < -0.3 is 15.8 Å². The summed E-state index contributed by atoms with van der Waals surface area (Å²) < 4.78 is 18.7. The molecule has 0 heterocycles. The standard InChI is InChI=1S/C15H21FN2O2/c1-10(17)13-8-11(16)6-7-14(13)20-9-15(19)18-12-4-2-3-5-12/h6-8,10,12H,2-5,9,17H2,1H3,(H,18,19)/t10-/m1/s1. The summed E-state index contributed by atoms with van der Waals surface area (Å²) >= 11 is 0. The molecular formula is C15H21FN2O2. The lowest BCUT2D eigenvalue weighted by Gasteiger charge is -2.15. The highest BCUT2D eigenvalue weighted by atomic mass is 19.1. The molecule has 3 N–H and O–H groups in total. The Bertz CT molecular complexity index is 471. The highest BCUT2D eigenvalue weighted by Gasteiger charge is 2.18. The third-order valence-corrected chi connectivity index (χ3v) is 3.54. The van der Waals surface area contributed by atoms with Crippen LogP contribution in [0, 0.1) is 5.82 Å². The number of carbonyl (C=O) groups is 1. The predicted molar refractivity (Wildman–Crippen MR) is 74.9 cm³/mol. The van der Waals surface area contributed by atoms with Crippen LogP contribution < -0.4 is 15.8 Å². The average molecular weight is 280 g/mol. The van der Waals surface area contributed by atoms with Crippen LogP contribution in [-0.2, 0) is 4.79 Å². The van der Waals surface area contributed by atoms with Crippen molar-refractivity contribution in [3.8, 4) is 5.75 Å². The van der Waals surface area contributed by atoms with Gasteiger partial charge in [-0.05, 0) is 38.0 Å². The summed E-state index contributed by atoms with van der Waals surface area (Å²) in [5.74, 6) is -0.0418. The Labute approximate surface area is 118 Å². The number of hydrogen-bond donors (Lipinski definition) is 2. The number of halogens is 1. The fourth-order valence-corrected chi connectivity index (χ4v) is 2.49. The molecule has 0 bridgehead atoms. The van der Waals surface area contributed by atoms with Crippen molar-refractivity contribution in [3.63, 3.8) is 0 Å². The van der Waals surface area contributed by atoms with E-state index in [1.807, 2.05) is 0 Å². The molecule has 1 aromatic rings. The first kappa shape index (κ1) is 14.8. The number of hydrogen-bond acceptors (Lipinski definition) is 3. The van der Waals surface area contributed by atoms with Crippen LogP contribution in [0.2, 0.25) is 0 Å². The smallest absolute Gasteiger partial charge is 0.258 e. The van der Waals surface area contributed by atoms with E-state index in [1.54, 1.807) is 6.92 Å². The van der Waals surface area contributed by atoms with Gasteiger partial charge in [0.25, 0.3) is 5.91 Å². The van der Waals surface area contributed by atoms with Crippen LogP contribution in [0.3, 0.4) is 0 Å². The Morgan fingerprint density at radius 1 is 1.50 bits per heavy atom. The minimum absolute atomic E-state index is 0.0676. The van der Waals surface area contributed by atoms with Gasteiger partial charge in [0.05, 0.1) is 0 Å². The van der Waals surface area contributed by atoms with Crippen molar-refractivity contribution in [2.75, 3.05) is 6.61 Å². The van der Waals surface area contributed by atoms with Crippen LogP contribution in [0.1, 0.15) is 44.2 Å². The molecule has 1 aromatic carbocycles. The average Bonchev–Trinajstić information content (AvgIpc) is 2.90. The van der Waals surface area contributed by atoms with Gasteiger partial charge in [-0.15, -0.1) is 0 Å². The van der Waals surface area contributed by atoms with Crippen LogP contribution in [0.15, 0.2) is 18.2 Å². The molecule has 1 aliphatic carbocycles. The second-order valence-corrected chi connectivity index (χ2v) is 5.31. The molecule has 1 aliphatic rings. The van der Waals surface area contributed by atoms with E-state index in [0.29, 0.717) is 11.3 Å². The maximum absolute atomic E-state index is 13.2. The van der Waals surface area contributed by atoms with Crippen LogP contribution in [0.5, 0.6) is 5.75 Å². The molecule has 20 heavy (non-hydrogen) atoms. The third-order valence-electron chi connectivity index (χ3n) is 3.54. The normalized spacial score (nSPS) is 16.9. The monoisotopic (exact) mass is 280 g/mol. The van der Waals surface area contributed by atoms with E-state index in [9.17, 15) is 9.18 Å². The molecule has 0 radical (unpaired) electrons. The Balaban J connectivity index is 1.91. The van der Waals surface area contributed by atoms with Crippen molar-refractivity contribution in [3.05, 3.63) is 29.6 Å². The molecule has 0 aliphatic heterocycles. The lowest BCUT2D eigenvalue weighted by atomic mass is 10.1. The summed E-state index contributed by atoms with van der Waals surface area (Å²) in [6.45, 7) is 1.68. The predicted octanol–water partition coefficient (Wildman–Crippen LogP) is 2.28. The van der Waals surface area contributed by atoms with Gasteiger partial charge in [-0.1, -0.05) is 12.8 Å². The fourth-order valence-electron chi connectivity index (χ4n) is 2.49. The number of amides is 1. The molecule has 0 spiro atoms. The summed E-state index contributed by atoms with van der Waals surface area (Å²) in [6.07, 6.45) is 4.40. The van der Waals surface area contributed by atoms with Gasteiger partial charge in [-0.3, -0.25) is 4.79 Å². The highest BCUT2D eigenvalue weighted by molar-refractivity contribution is 5.77. The van der Waals surface area contributed by atoms with Crippen molar-refractivity contribution >= 4 is 5.91 Å². The van der Waals surface area contributed by atoms with Crippen molar-refractivity contribution in [2.45, 2.75) is 44.7 Å². The summed E-state index contributed by atoms with van der Waals surface area (Å²) in [7, 11) is 0. The maximum Gasteiger partial charge on any atom is 0.258 e. The molecule has 1 atom stereocenters. The van der Waals surface area contributed by atoms with Gasteiger partial charge >= 0.3 is 0 Å². The first-order valence-corrected chi connectivity index (χ1v) is 7.03. The lowest BCUT2D eigenvalue weighted by molar-refractivity contribution is -0.123. The maximum atomic E-state index is 13.2. The van der Waals surface area contributed by atoms with Gasteiger partial charge in [0.15, 0.2) is 6.61 Å². The number of rotatable bonds is 5. The van der Waals surface area contributed by atoms with Crippen LogP contribution in [0.25, 0.3) is 0 Å². The van der Waals surface area contributed by atoms with Gasteiger partial charge in [-0.2, -0.15) is 0 Å². The van der Waals surface area contributed by atoms with Gasteiger partial charge in [0.2, 0.25) is 0 Å². The van der Waals surface area contributed by atoms with E-state index in [-0.39, 0.29) is 30.4 Å². The first-order chi connectivity index (χ1) is 9.56. The molecule has 1 saturated carbocycles. The molecule has 2 rings (SSSR count). The Kier molecular flexibility index (Phi) is 4.95. The number of nitrogens with one attached hydrogen (secondary N) is 1. The van der Waals surface area contributed by atoms with Crippen molar-refractivity contribution in [1.29, 1.82) is 0 Å². The van der Waals surface area contributed by atoms with Gasteiger partial charge in [0, 0.05) is 17.6 Å². The molecule has 0 aromatic heterocycles. The van der Waals surface area contributed by atoms with Crippen molar-refractivity contribution < 1.29 is 13.9 Å². The second kappa shape index (κ2) is 6.70. The lowest BCUT2D eigenvalue weighted by Crippen LogP contribution is -2.36. The summed E-state index contributed by atoms with van der Waals surface area (Å²) in [6, 6.07) is 4.08. The fraction of sp³-hybridized carbons (Fsp3) is 0.533. The minimum Gasteiger partial charge on any atom is -0.483 e. The zero-order chi connectivity index (χ0) is 14.5. The molecule has 5 heteroatoms. The van der Waals surface area contributed by atoms with Gasteiger partial charge in [-0.25, -0.2) is 4.39 Å². The molecule has 0 saturated heterocycles. The number of carbonyl (C=O) groups excluding carboxylic acids is 1. The van der Waals surface area contributed by atoms with E-state index in [0.717, 1.165) is 12.8 Å². The quantitative estimate of drug-likeness (QED) is 0.869. The number of nitrogens with two attached hydrogens (primary N) is 1. The largest absolute Gasteiger partial charge is 0.483 e.